The van der Waals surface area contributed by atoms with Crippen LogP contribution >= 0.6 is 24.0 Å². The Labute approximate surface area is 144 Å². The van der Waals surface area contributed by atoms with Crippen LogP contribution in [-0.4, -0.2) is 37.3 Å². The van der Waals surface area contributed by atoms with Crippen LogP contribution in [0.1, 0.15) is 51.9 Å². The van der Waals surface area contributed by atoms with Gasteiger partial charge in [0.05, 0.1) is 6.10 Å². The van der Waals surface area contributed by atoms with E-state index < -0.39 is 0 Å². The molecule has 0 radical (unpaired) electrons. The van der Waals surface area contributed by atoms with Gasteiger partial charge in [-0.15, -0.1) is 24.0 Å². The molecule has 4 aliphatic rings. The van der Waals surface area contributed by atoms with Crippen molar-refractivity contribution >= 4 is 29.9 Å². The molecule has 4 rings (SSSR count). The molecule has 3 atom stereocenters. The number of fused-ring (bicyclic) bond motifs is 2. The van der Waals surface area contributed by atoms with Crippen LogP contribution in [0.2, 0.25) is 0 Å². The summed E-state index contributed by atoms with van der Waals surface area (Å²) in [5.41, 5.74) is 0.418. The maximum absolute atomic E-state index is 6.05. The number of nitrogens with one attached hydrogen (secondary N) is 2. The van der Waals surface area contributed by atoms with Gasteiger partial charge in [-0.1, -0.05) is 12.8 Å². The van der Waals surface area contributed by atoms with Crippen LogP contribution in [-0.2, 0) is 4.74 Å². The fraction of sp³-hybridized carbons (Fsp3) is 0.938. The number of aliphatic imine (C=N–C) groups is 1. The third-order valence-corrected chi connectivity index (χ3v) is 5.81. The van der Waals surface area contributed by atoms with Crippen LogP contribution in [0.3, 0.4) is 0 Å². The molecule has 1 heterocycles. The third kappa shape index (κ3) is 2.69. The van der Waals surface area contributed by atoms with E-state index in [1.165, 1.54) is 44.9 Å². The summed E-state index contributed by atoms with van der Waals surface area (Å²) in [6, 6.07) is 1.26. The summed E-state index contributed by atoms with van der Waals surface area (Å²) in [6.45, 7) is 3.93. The van der Waals surface area contributed by atoms with Crippen LogP contribution in [0, 0.1) is 11.3 Å². The lowest BCUT2D eigenvalue weighted by Crippen LogP contribution is -2.69. The lowest BCUT2D eigenvalue weighted by atomic mass is 9.54. The average molecular weight is 405 g/mol. The van der Waals surface area contributed by atoms with E-state index in [4.69, 9.17) is 4.74 Å². The minimum atomic E-state index is 0. The summed E-state index contributed by atoms with van der Waals surface area (Å²) < 4.78 is 6.05. The fourth-order valence-electron chi connectivity index (χ4n) is 4.76. The van der Waals surface area contributed by atoms with E-state index in [0.717, 1.165) is 25.0 Å². The Balaban J connectivity index is 0.00000132. The largest absolute Gasteiger partial charge is 0.377 e. The molecule has 4 fully saturated rings. The molecule has 1 saturated heterocycles. The topological polar surface area (TPSA) is 45.7 Å². The molecule has 0 bridgehead atoms. The number of hydrogen-bond donors (Lipinski definition) is 2. The van der Waals surface area contributed by atoms with E-state index in [1.807, 2.05) is 0 Å². The van der Waals surface area contributed by atoms with Crippen molar-refractivity contribution in [2.75, 3.05) is 13.2 Å². The second-order valence-corrected chi connectivity index (χ2v) is 7.05. The molecule has 0 amide bonds. The summed E-state index contributed by atoms with van der Waals surface area (Å²) in [5, 5.41) is 7.36. The van der Waals surface area contributed by atoms with Crippen molar-refractivity contribution in [2.24, 2.45) is 16.3 Å². The van der Waals surface area contributed by atoms with Crippen molar-refractivity contribution in [3.8, 4) is 0 Å². The zero-order valence-corrected chi connectivity index (χ0v) is 15.3. The lowest BCUT2D eigenvalue weighted by Gasteiger charge is -2.57. The normalized spacial score (nSPS) is 36.8. The quantitative estimate of drug-likeness (QED) is 0.431. The van der Waals surface area contributed by atoms with Gasteiger partial charge in [-0.3, -0.25) is 4.99 Å². The molecule has 0 aromatic heterocycles. The molecule has 0 aromatic rings. The van der Waals surface area contributed by atoms with Crippen LogP contribution in [0.15, 0.2) is 4.99 Å². The average Bonchev–Trinajstić information content (AvgIpc) is 2.96. The molecule has 4 nitrogen and oxygen atoms in total. The second-order valence-electron chi connectivity index (χ2n) is 7.05. The first kappa shape index (κ1) is 15.8. The minimum Gasteiger partial charge on any atom is -0.377 e. The molecular weight excluding hydrogens is 377 g/mol. The zero-order valence-electron chi connectivity index (χ0n) is 12.9. The van der Waals surface area contributed by atoms with Gasteiger partial charge in [0.15, 0.2) is 5.96 Å². The Kier molecular flexibility index (Phi) is 4.69. The second kappa shape index (κ2) is 6.22. The first-order chi connectivity index (χ1) is 9.83. The lowest BCUT2D eigenvalue weighted by molar-refractivity contribution is -0.125. The number of ether oxygens (including phenoxy) is 1. The van der Waals surface area contributed by atoms with Crippen molar-refractivity contribution in [2.45, 2.75) is 70.1 Å². The number of rotatable bonds is 3. The monoisotopic (exact) mass is 405 g/mol. The zero-order chi connectivity index (χ0) is 13.6. The standard InChI is InChI=1S/C16H27N3O.HI/c1-2-17-15(18-11-5-6-11)19-13-12-7-10-20-14(12)16(13)8-3-4-9-16;/h11-14H,2-10H2,1H3,(H2,17,18,19);1H. The van der Waals surface area contributed by atoms with Crippen molar-refractivity contribution in [1.82, 2.24) is 10.6 Å². The number of nitrogens with zero attached hydrogens (tertiary/aromatic N) is 1. The Morgan fingerprint density at radius 2 is 1.95 bits per heavy atom. The first-order valence-electron chi connectivity index (χ1n) is 8.52. The van der Waals surface area contributed by atoms with E-state index in [0.29, 0.717) is 23.6 Å². The fourth-order valence-corrected chi connectivity index (χ4v) is 4.76. The van der Waals surface area contributed by atoms with Crippen molar-refractivity contribution in [1.29, 1.82) is 0 Å². The third-order valence-electron chi connectivity index (χ3n) is 5.81. The van der Waals surface area contributed by atoms with E-state index >= 15 is 0 Å². The Morgan fingerprint density at radius 3 is 2.62 bits per heavy atom. The molecule has 1 aliphatic heterocycles. The predicted octanol–water partition coefficient (Wildman–Crippen LogP) is 2.67. The number of guanidine groups is 1. The summed E-state index contributed by atoms with van der Waals surface area (Å²) in [6.07, 6.45) is 9.80. The Bertz CT molecular complexity index is 404. The molecule has 21 heavy (non-hydrogen) atoms. The van der Waals surface area contributed by atoms with E-state index in [-0.39, 0.29) is 24.0 Å². The van der Waals surface area contributed by atoms with E-state index in [1.54, 1.807) is 0 Å². The molecule has 3 saturated carbocycles. The van der Waals surface area contributed by atoms with Gasteiger partial charge in [0.25, 0.3) is 0 Å². The highest BCUT2D eigenvalue weighted by molar-refractivity contribution is 14.0. The van der Waals surface area contributed by atoms with Gasteiger partial charge in [-0.25, -0.2) is 0 Å². The first-order valence-corrected chi connectivity index (χ1v) is 8.52. The smallest absolute Gasteiger partial charge is 0.191 e. The predicted molar refractivity (Wildman–Crippen MR) is 95.2 cm³/mol. The highest BCUT2D eigenvalue weighted by Gasteiger charge is 2.65. The SMILES string of the molecule is CCN=C(NC1CC1)NC1C2CCOC2C12CCCC2.I. The van der Waals surface area contributed by atoms with Gasteiger partial charge in [-0.2, -0.15) is 0 Å². The van der Waals surface area contributed by atoms with E-state index in [9.17, 15) is 0 Å². The molecule has 1 spiro atoms. The number of halogens is 1. The minimum absolute atomic E-state index is 0. The summed E-state index contributed by atoms with van der Waals surface area (Å²) >= 11 is 0. The van der Waals surface area contributed by atoms with Gasteiger partial charge in [0, 0.05) is 36.6 Å². The van der Waals surface area contributed by atoms with Crippen molar-refractivity contribution in [3.63, 3.8) is 0 Å². The molecule has 5 heteroatoms. The van der Waals surface area contributed by atoms with Gasteiger partial charge >= 0.3 is 0 Å². The molecule has 3 unspecified atom stereocenters. The Hall–Kier alpha value is -0.0400. The molecule has 3 aliphatic carbocycles. The van der Waals surface area contributed by atoms with Crippen LogP contribution in [0.5, 0.6) is 0 Å². The van der Waals surface area contributed by atoms with Crippen LogP contribution in [0.25, 0.3) is 0 Å². The maximum Gasteiger partial charge on any atom is 0.191 e. The van der Waals surface area contributed by atoms with Crippen LogP contribution < -0.4 is 10.6 Å². The highest BCUT2D eigenvalue weighted by Crippen LogP contribution is 2.60. The molecule has 2 N–H and O–H groups in total. The molecule has 120 valence electrons. The highest BCUT2D eigenvalue weighted by atomic mass is 127. The van der Waals surface area contributed by atoms with Gasteiger partial charge in [0.2, 0.25) is 0 Å². The number of hydrogen-bond acceptors (Lipinski definition) is 2. The Morgan fingerprint density at radius 1 is 1.19 bits per heavy atom. The van der Waals surface area contributed by atoms with Gasteiger partial charge in [0.1, 0.15) is 0 Å². The summed E-state index contributed by atoms with van der Waals surface area (Å²) in [4.78, 5) is 4.65. The van der Waals surface area contributed by atoms with Gasteiger partial charge in [-0.05, 0) is 39.0 Å². The molecular formula is C16H28IN3O. The summed E-state index contributed by atoms with van der Waals surface area (Å²) in [5.74, 6) is 1.77. The molecule has 0 aromatic carbocycles. The van der Waals surface area contributed by atoms with Crippen molar-refractivity contribution in [3.05, 3.63) is 0 Å². The van der Waals surface area contributed by atoms with Crippen LogP contribution in [0.4, 0.5) is 0 Å². The van der Waals surface area contributed by atoms with Crippen molar-refractivity contribution < 1.29 is 4.74 Å². The summed E-state index contributed by atoms with van der Waals surface area (Å²) in [7, 11) is 0. The van der Waals surface area contributed by atoms with Gasteiger partial charge < -0.3 is 15.4 Å². The van der Waals surface area contributed by atoms with E-state index in [2.05, 4.69) is 22.5 Å². The maximum atomic E-state index is 6.05.